The van der Waals surface area contributed by atoms with Gasteiger partial charge in [-0.1, -0.05) is 0 Å². The molecular formula is C21H34N8O8S. The average Bonchev–Trinajstić information content (AvgIpc) is 3.35. The fourth-order valence-electron chi connectivity index (χ4n) is 3.12. The van der Waals surface area contributed by atoms with Gasteiger partial charge in [0.15, 0.2) is 0 Å². The maximum absolute atomic E-state index is 13.1. The lowest BCUT2D eigenvalue weighted by Crippen LogP contribution is -2.60. The Bertz CT molecular complexity index is 974. The van der Waals surface area contributed by atoms with Crippen molar-refractivity contribution < 1.29 is 39.0 Å². The molecular weight excluding hydrogens is 524 g/mol. The number of aliphatic carboxylic acids is 1. The Balaban J connectivity index is 3.09. The van der Waals surface area contributed by atoms with Crippen LogP contribution in [0, 0.1) is 0 Å². The highest BCUT2D eigenvalue weighted by Crippen LogP contribution is 2.06. The van der Waals surface area contributed by atoms with Gasteiger partial charge in [0.05, 0.1) is 24.9 Å². The van der Waals surface area contributed by atoms with Gasteiger partial charge < -0.3 is 47.9 Å². The van der Waals surface area contributed by atoms with Crippen LogP contribution in [-0.2, 0) is 35.2 Å². The molecule has 1 rings (SSSR count). The summed E-state index contributed by atoms with van der Waals surface area (Å²) in [6, 6.07) is -5.24. The number of carboxylic acids is 1. The summed E-state index contributed by atoms with van der Waals surface area (Å²) in [7, 11) is 0. The minimum Gasteiger partial charge on any atom is -0.480 e. The van der Waals surface area contributed by atoms with Crippen molar-refractivity contribution in [1.82, 2.24) is 31.2 Å². The highest BCUT2D eigenvalue weighted by Gasteiger charge is 2.32. The number of amides is 5. The lowest BCUT2D eigenvalue weighted by atomic mass is 10.1. The zero-order chi connectivity index (χ0) is 28.8. The van der Waals surface area contributed by atoms with E-state index in [1.165, 1.54) is 31.2 Å². The molecule has 1 aromatic heterocycles. The molecule has 0 spiro atoms. The van der Waals surface area contributed by atoms with Gasteiger partial charge in [0.1, 0.15) is 24.7 Å². The van der Waals surface area contributed by atoms with Gasteiger partial charge in [-0.15, -0.1) is 0 Å². The van der Waals surface area contributed by atoms with Crippen LogP contribution in [0.1, 0.15) is 25.5 Å². The number of nitrogens with two attached hydrogens (primary N) is 2. The number of nitrogens with zero attached hydrogens (tertiary/aromatic N) is 1. The number of thioether (sulfide) groups is 1. The van der Waals surface area contributed by atoms with E-state index in [-0.39, 0.29) is 12.8 Å². The molecule has 16 nitrogen and oxygen atoms in total. The molecule has 17 heteroatoms. The Morgan fingerprint density at radius 2 is 1.68 bits per heavy atom. The summed E-state index contributed by atoms with van der Waals surface area (Å²) in [5.74, 6) is -5.03. The molecule has 0 fully saturated rings. The molecule has 0 radical (unpaired) electrons. The van der Waals surface area contributed by atoms with E-state index in [2.05, 4.69) is 31.2 Å². The summed E-state index contributed by atoms with van der Waals surface area (Å²) in [5.41, 5.74) is 11.2. The van der Waals surface area contributed by atoms with E-state index in [0.717, 1.165) is 0 Å². The molecule has 0 aliphatic carbocycles. The molecule has 0 saturated heterocycles. The second kappa shape index (κ2) is 16.2. The summed E-state index contributed by atoms with van der Waals surface area (Å²) in [6.45, 7) is 0.484. The van der Waals surface area contributed by atoms with Gasteiger partial charge in [0.25, 0.3) is 0 Å². The van der Waals surface area contributed by atoms with Crippen LogP contribution in [0.2, 0.25) is 0 Å². The lowest BCUT2D eigenvalue weighted by Gasteiger charge is -2.26. The molecule has 0 unspecified atom stereocenters. The second-order valence-corrected chi connectivity index (χ2v) is 9.29. The maximum Gasteiger partial charge on any atom is 0.322 e. The fraction of sp³-hybridized carbons (Fsp3) is 0.571. The van der Waals surface area contributed by atoms with Gasteiger partial charge in [-0.25, -0.2) is 4.98 Å². The first-order valence-corrected chi connectivity index (χ1v) is 12.8. The predicted molar refractivity (Wildman–Crippen MR) is 135 cm³/mol. The molecule has 38 heavy (non-hydrogen) atoms. The third kappa shape index (κ3) is 11.6. The number of nitrogens with one attached hydrogen (secondary N) is 5. The van der Waals surface area contributed by atoms with Crippen molar-refractivity contribution in [3.05, 3.63) is 18.2 Å². The SMILES string of the molecule is CSCC[C@H](NC(=O)[C@@H](N)CC(N)=O)C(=O)N[C@@H](Cc1cnc[nH]1)C(=O)N[C@H](C(=O)NCC(=O)O)[C@@H](C)O. The van der Waals surface area contributed by atoms with E-state index in [1.807, 2.05) is 0 Å². The van der Waals surface area contributed by atoms with Crippen LogP contribution in [-0.4, -0.2) is 105 Å². The van der Waals surface area contributed by atoms with Gasteiger partial charge in [0.2, 0.25) is 29.5 Å². The largest absolute Gasteiger partial charge is 0.480 e. The maximum atomic E-state index is 13.1. The number of carboxylic acid groups (broad SMARTS) is 1. The summed E-state index contributed by atoms with van der Waals surface area (Å²) < 4.78 is 0. The van der Waals surface area contributed by atoms with E-state index >= 15 is 0 Å². The zero-order valence-corrected chi connectivity index (χ0v) is 21.7. The van der Waals surface area contributed by atoms with Crippen molar-refractivity contribution in [3.63, 3.8) is 0 Å². The van der Waals surface area contributed by atoms with Gasteiger partial charge in [-0.2, -0.15) is 11.8 Å². The van der Waals surface area contributed by atoms with Gasteiger partial charge in [0, 0.05) is 18.3 Å². The highest BCUT2D eigenvalue weighted by molar-refractivity contribution is 7.98. The topological polar surface area (TPSA) is 272 Å². The van der Waals surface area contributed by atoms with Crippen LogP contribution < -0.4 is 32.7 Å². The number of hydrogen-bond acceptors (Lipinski definition) is 10. The molecule has 0 aliphatic rings. The Hall–Kier alpha value is -3.70. The monoisotopic (exact) mass is 558 g/mol. The fourth-order valence-corrected chi connectivity index (χ4v) is 3.59. The van der Waals surface area contributed by atoms with Crippen molar-refractivity contribution in [3.8, 4) is 0 Å². The van der Waals surface area contributed by atoms with Crippen LogP contribution in [0.25, 0.3) is 0 Å². The molecule has 5 atom stereocenters. The van der Waals surface area contributed by atoms with E-state index in [1.54, 1.807) is 6.26 Å². The smallest absolute Gasteiger partial charge is 0.322 e. The summed E-state index contributed by atoms with van der Waals surface area (Å²) >= 11 is 1.40. The lowest BCUT2D eigenvalue weighted by molar-refractivity contribution is -0.139. The summed E-state index contributed by atoms with van der Waals surface area (Å²) in [6.07, 6.45) is 2.77. The summed E-state index contributed by atoms with van der Waals surface area (Å²) in [5, 5.41) is 28.1. The number of hydrogen-bond donors (Lipinski definition) is 9. The number of H-pyrrole nitrogens is 1. The first-order valence-electron chi connectivity index (χ1n) is 11.4. The number of primary amides is 1. The molecule has 0 saturated carbocycles. The molecule has 0 aliphatic heterocycles. The number of aromatic amines is 1. The van der Waals surface area contributed by atoms with Crippen molar-refractivity contribution in [2.24, 2.45) is 11.5 Å². The molecule has 1 heterocycles. The number of carbonyl (C=O) groups excluding carboxylic acids is 5. The van der Waals surface area contributed by atoms with Crippen LogP contribution in [0.15, 0.2) is 12.5 Å². The number of aliphatic hydroxyl groups is 1. The summed E-state index contributed by atoms with van der Waals surface area (Å²) in [4.78, 5) is 79.5. The number of rotatable bonds is 17. The van der Waals surface area contributed by atoms with Crippen LogP contribution >= 0.6 is 11.8 Å². The van der Waals surface area contributed by atoms with Gasteiger partial charge in [-0.05, 0) is 25.4 Å². The normalized spacial score (nSPS) is 14.7. The van der Waals surface area contributed by atoms with Crippen molar-refractivity contribution >= 4 is 47.3 Å². The van der Waals surface area contributed by atoms with Gasteiger partial charge >= 0.3 is 5.97 Å². The third-order valence-corrected chi connectivity index (χ3v) is 5.73. The standard InChI is InChI=1S/C21H34N8O8S/c1-10(30)17(21(37)25-8-16(32)33)29-20(36)14(5-11-7-24-9-26-11)28-19(35)13(3-4-38-2)27-18(34)12(22)6-15(23)31/h7,9-10,12-14,17,30H,3-6,8,22H2,1-2H3,(H2,23,31)(H,24,26)(H,25,37)(H,27,34)(H,28,35)(H,29,36)(H,32,33)/t10-,12+,13+,14+,17+/m1/s1. The van der Waals surface area contributed by atoms with E-state index in [0.29, 0.717) is 11.4 Å². The van der Waals surface area contributed by atoms with Crippen LogP contribution in [0.5, 0.6) is 0 Å². The zero-order valence-electron chi connectivity index (χ0n) is 20.9. The quantitative estimate of drug-likeness (QED) is 0.0887. The molecule has 0 aromatic carbocycles. The first kappa shape index (κ1) is 32.3. The Kier molecular flexibility index (Phi) is 13.8. The minimum absolute atomic E-state index is 0.106. The number of aliphatic hydroxyl groups excluding tert-OH is 1. The predicted octanol–water partition coefficient (Wildman–Crippen LogP) is -4.06. The average molecular weight is 559 g/mol. The van der Waals surface area contributed by atoms with E-state index in [4.69, 9.17) is 16.6 Å². The minimum atomic E-state index is -1.53. The number of imidazole rings is 1. The highest BCUT2D eigenvalue weighted by atomic mass is 32.2. The second-order valence-electron chi connectivity index (χ2n) is 8.30. The number of carbonyl (C=O) groups is 6. The van der Waals surface area contributed by atoms with Crippen LogP contribution in [0.4, 0.5) is 0 Å². The van der Waals surface area contributed by atoms with Crippen molar-refractivity contribution in [2.75, 3.05) is 18.6 Å². The number of aromatic nitrogens is 2. The van der Waals surface area contributed by atoms with E-state index in [9.17, 15) is 33.9 Å². The van der Waals surface area contributed by atoms with Gasteiger partial charge in [-0.3, -0.25) is 28.8 Å². The Morgan fingerprint density at radius 3 is 2.21 bits per heavy atom. The third-order valence-electron chi connectivity index (χ3n) is 5.09. The Morgan fingerprint density at radius 1 is 1.05 bits per heavy atom. The molecule has 1 aromatic rings. The van der Waals surface area contributed by atoms with Crippen LogP contribution in [0.3, 0.4) is 0 Å². The Labute approximate surface area is 222 Å². The van der Waals surface area contributed by atoms with E-state index < -0.39 is 78.7 Å². The molecule has 0 bridgehead atoms. The first-order chi connectivity index (χ1) is 17.8. The molecule has 5 amide bonds. The molecule has 212 valence electrons. The molecule has 11 N–H and O–H groups in total. The van der Waals surface area contributed by atoms with Crippen molar-refractivity contribution in [2.45, 2.75) is 56.5 Å². The van der Waals surface area contributed by atoms with Crippen molar-refractivity contribution in [1.29, 1.82) is 0 Å².